The van der Waals surface area contributed by atoms with Gasteiger partial charge in [-0.15, -0.1) is 0 Å². The zero-order valence-electron chi connectivity index (χ0n) is 24.3. The summed E-state index contributed by atoms with van der Waals surface area (Å²) in [7, 11) is 0. The number of anilines is 1. The lowest BCUT2D eigenvalue weighted by molar-refractivity contribution is -0.121. The molecule has 41 heavy (non-hydrogen) atoms. The second-order valence-electron chi connectivity index (χ2n) is 13.1. The van der Waals surface area contributed by atoms with Crippen molar-refractivity contribution in [1.82, 2.24) is 0 Å². The Balaban J connectivity index is 1.57. The first-order chi connectivity index (χ1) is 19.1. The molecule has 1 heterocycles. The summed E-state index contributed by atoms with van der Waals surface area (Å²) in [6.07, 6.45) is 1.91. The van der Waals surface area contributed by atoms with E-state index in [1.807, 2.05) is 44.2 Å². The maximum atomic E-state index is 13.7. The van der Waals surface area contributed by atoms with Crippen molar-refractivity contribution >= 4 is 55.0 Å². The number of benzene rings is 2. The van der Waals surface area contributed by atoms with Gasteiger partial charge in [0.25, 0.3) is 5.91 Å². The first kappa shape index (κ1) is 29.8. The van der Waals surface area contributed by atoms with Gasteiger partial charge in [-0.2, -0.15) is 0 Å². The first-order valence-electron chi connectivity index (χ1n) is 13.8. The number of aryl methyl sites for hydroxylation is 2. The van der Waals surface area contributed by atoms with Gasteiger partial charge < -0.3 is 14.8 Å². The predicted octanol–water partition coefficient (Wildman–Crippen LogP) is 8.25. The number of allylic oxidation sites excluding steroid dienone is 4. The molecule has 0 saturated carbocycles. The molecule has 8 heteroatoms. The molecule has 0 spiro atoms. The average Bonchev–Trinajstić information content (AvgIpc) is 2.82. The predicted molar refractivity (Wildman–Crippen MR) is 166 cm³/mol. The van der Waals surface area contributed by atoms with E-state index in [4.69, 9.17) is 9.47 Å². The number of hydrogen-bond acceptors (Lipinski definition) is 5. The Morgan fingerprint density at radius 2 is 1.51 bits per heavy atom. The van der Waals surface area contributed by atoms with Crippen molar-refractivity contribution in [3.05, 3.63) is 78.6 Å². The monoisotopic (exact) mass is 683 g/mol. The summed E-state index contributed by atoms with van der Waals surface area (Å²) in [5.74, 6) is 0.681. The molecule has 1 N–H and O–H groups in total. The van der Waals surface area contributed by atoms with Crippen molar-refractivity contribution in [3.8, 4) is 5.75 Å². The molecule has 216 valence electrons. The third-order valence-corrected chi connectivity index (χ3v) is 8.99. The lowest BCUT2D eigenvalue weighted by Gasteiger charge is -2.43. The van der Waals surface area contributed by atoms with Crippen LogP contribution < -0.4 is 10.1 Å². The zero-order chi connectivity index (χ0) is 29.9. The Hall–Kier alpha value is -2.71. The van der Waals surface area contributed by atoms with Crippen LogP contribution in [0.15, 0.2) is 61.9 Å². The second kappa shape index (κ2) is 10.8. The molecular formula is C33H35Br2NO5. The Bertz CT molecular complexity index is 1500. The van der Waals surface area contributed by atoms with Crippen LogP contribution in [0.5, 0.6) is 5.75 Å². The molecule has 5 rings (SSSR count). The van der Waals surface area contributed by atoms with Gasteiger partial charge in [0, 0.05) is 52.6 Å². The molecule has 0 bridgehead atoms. The highest BCUT2D eigenvalue weighted by molar-refractivity contribution is 9.11. The molecule has 0 aromatic heterocycles. The van der Waals surface area contributed by atoms with Crippen LogP contribution in [0.2, 0.25) is 0 Å². The molecule has 2 aromatic rings. The number of halogens is 2. The van der Waals surface area contributed by atoms with E-state index >= 15 is 0 Å². The van der Waals surface area contributed by atoms with Gasteiger partial charge in [0.2, 0.25) is 0 Å². The number of carbonyl (C=O) groups excluding carboxylic acids is 3. The molecule has 0 unspecified atom stereocenters. The number of carbonyl (C=O) groups is 3. The van der Waals surface area contributed by atoms with Crippen LogP contribution in [0.3, 0.4) is 0 Å². The minimum absolute atomic E-state index is 0.0276. The Morgan fingerprint density at radius 3 is 2.10 bits per heavy atom. The molecular weight excluding hydrogens is 650 g/mol. The molecule has 2 aromatic carbocycles. The lowest BCUT2D eigenvalue weighted by atomic mass is 9.65. The van der Waals surface area contributed by atoms with E-state index in [2.05, 4.69) is 64.9 Å². The quantitative estimate of drug-likeness (QED) is 0.343. The molecule has 6 nitrogen and oxygen atoms in total. The molecule has 3 aliphatic rings. The summed E-state index contributed by atoms with van der Waals surface area (Å²) in [5.41, 5.74) is 3.90. The van der Waals surface area contributed by atoms with Gasteiger partial charge in [0.05, 0.1) is 10.4 Å². The van der Waals surface area contributed by atoms with Crippen molar-refractivity contribution in [3.63, 3.8) is 0 Å². The van der Waals surface area contributed by atoms with Gasteiger partial charge in [-0.3, -0.25) is 14.4 Å². The van der Waals surface area contributed by atoms with E-state index in [1.54, 1.807) is 0 Å². The highest BCUT2D eigenvalue weighted by Gasteiger charge is 2.48. The largest absolute Gasteiger partial charge is 0.482 e. The zero-order valence-corrected chi connectivity index (χ0v) is 27.5. The molecule has 0 saturated heterocycles. The number of ether oxygens (including phenoxy) is 2. The number of rotatable bonds is 5. The first-order valence-corrected chi connectivity index (χ1v) is 15.4. The van der Waals surface area contributed by atoms with Gasteiger partial charge in [0.15, 0.2) is 18.2 Å². The van der Waals surface area contributed by atoms with E-state index in [9.17, 15) is 14.4 Å². The van der Waals surface area contributed by atoms with Crippen molar-refractivity contribution in [1.29, 1.82) is 0 Å². The SMILES string of the molecule is Cc1ccc(C)c(NC(=O)COc2c(Br)cc(Br)cc2C2C3=C(CC(C)(C)CC3=O)OC3=C2C(=O)CC(C)(C)C3)c1. The highest BCUT2D eigenvalue weighted by Crippen LogP contribution is 2.55. The number of ketones is 2. The van der Waals surface area contributed by atoms with Gasteiger partial charge in [-0.05, 0) is 69.9 Å². The fraction of sp³-hybridized carbons (Fsp3) is 0.424. The van der Waals surface area contributed by atoms with Crippen LogP contribution in [0, 0.1) is 24.7 Å². The summed E-state index contributed by atoms with van der Waals surface area (Å²) in [5, 5.41) is 2.94. The van der Waals surface area contributed by atoms with Gasteiger partial charge >= 0.3 is 0 Å². The molecule has 1 aliphatic heterocycles. The third-order valence-electron chi connectivity index (χ3n) is 7.94. The van der Waals surface area contributed by atoms with E-state index in [0.717, 1.165) is 21.3 Å². The van der Waals surface area contributed by atoms with Crippen LogP contribution in [0.25, 0.3) is 0 Å². The van der Waals surface area contributed by atoms with E-state index in [0.29, 0.717) is 64.1 Å². The fourth-order valence-corrected chi connectivity index (χ4v) is 7.50. The van der Waals surface area contributed by atoms with Gasteiger partial charge in [0.1, 0.15) is 17.3 Å². The normalized spacial score (nSPS) is 19.9. The highest BCUT2D eigenvalue weighted by atomic mass is 79.9. The smallest absolute Gasteiger partial charge is 0.262 e. The van der Waals surface area contributed by atoms with Crippen molar-refractivity contribution < 1.29 is 23.9 Å². The molecule has 1 amide bonds. The second-order valence-corrected chi connectivity index (χ2v) is 14.8. The van der Waals surface area contributed by atoms with Crippen LogP contribution in [0.1, 0.15) is 76.0 Å². The third kappa shape index (κ3) is 6.09. The van der Waals surface area contributed by atoms with Gasteiger partial charge in [-0.25, -0.2) is 0 Å². The minimum Gasteiger partial charge on any atom is -0.482 e. The number of amides is 1. The van der Waals surface area contributed by atoms with E-state index in [1.165, 1.54) is 0 Å². The molecule has 0 fully saturated rings. The van der Waals surface area contributed by atoms with Crippen LogP contribution in [-0.4, -0.2) is 24.1 Å². The molecule has 2 aliphatic carbocycles. The van der Waals surface area contributed by atoms with E-state index < -0.39 is 5.92 Å². The summed E-state index contributed by atoms with van der Waals surface area (Å²) >= 11 is 7.22. The van der Waals surface area contributed by atoms with Gasteiger partial charge in [-0.1, -0.05) is 55.8 Å². The van der Waals surface area contributed by atoms with Crippen LogP contribution >= 0.6 is 31.9 Å². The number of hydrogen-bond donors (Lipinski definition) is 1. The Labute approximate surface area is 258 Å². The van der Waals surface area contributed by atoms with Crippen molar-refractivity contribution in [2.24, 2.45) is 10.8 Å². The standard InChI is InChI=1S/C33H35Br2NO5/c1-17-7-8-18(2)22(9-17)36-27(39)16-40-31-20(10-19(34)11-21(31)35)28-29-23(37)12-32(3,4)14-25(29)41-26-15-33(5,6)13-24(38)30(26)28/h7-11,28H,12-16H2,1-6H3,(H,36,39). The maximum absolute atomic E-state index is 13.7. The van der Waals surface area contributed by atoms with Crippen molar-refractivity contribution in [2.75, 3.05) is 11.9 Å². The fourth-order valence-electron chi connectivity index (χ4n) is 6.13. The topological polar surface area (TPSA) is 81.7 Å². The number of Topliss-reactive ketones (excluding diaryl/α,β-unsaturated/α-hetero) is 2. The summed E-state index contributed by atoms with van der Waals surface area (Å²) in [6, 6.07) is 9.59. The maximum Gasteiger partial charge on any atom is 0.262 e. The summed E-state index contributed by atoms with van der Waals surface area (Å²) < 4.78 is 14.0. The molecule has 0 atom stereocenters. The summed E-state index contributed by atoms with van der Waals surface area (Å²) in [6.45, 7) is 11.9. The van der Waals surface area contributed by atoms with Crippen molar-refractivity contribution in [2.45, 2.75) is 73.1 Å². The Kier molecular flexibility index (Phi) is 7.88. The minimum atomic E-state index is -0.646. The molecule has 0 radical (unpaired) electrons. The van der Waals surface area contributed by atoms with E-state index in [-0.39, 0.29) is 34.9 Å². The average molecular weight is 685 g/mol. The summed E-state index contributed by atoms with van der Waals surface area (Å²) in [4.78, 5) is 40.5. The lowest BCUT2D eigenvalue weighted by Crippen LogP contribution is -2.37. The van der Waals surface area contributed by atoms with Crippen LogP contribution in [-0.2, 0) is 19.1 Å². The van der Waals surface area contributed by atoms with Crippen LogP contribution in [0.4, 0.5) is 5.69 Å². The Morgan fingerprint density at radius 1 is 0.927 bits per heavy atom. The number of nitrogens with one attached hydrogen (secondary N) is 1.